The fourth-order valence-corrected chi connectivity index (χ4v) is 2.41. The fourth-order valence-electron chi connectivity index (χ4n) is 2.41. The number of hydrogen-bond donors (Lipinski definition) is 1. The Balaban J connectivity index is 1.88. The van der Waals surface area contributed by atoms with Crippen molar-refractivity contribution >= 4 is 11.6 Å². The molecule has 0 fully saturated rings. The van der Waals surface area contributed by atoms with Crippen LogP contribution < -0.4 is 10.1 Å². The highest BCUT2D eigenvalue weighted by Crippen LogP contribution is 2.23. The number of hydrogen-bond acceptors (Lipinski definition) is 4. The number of aryl methyl sites for hydroxylation is 2. The van der Waals surface area contributed by atoms with Gasteiger partial charge in [-0.1, -0.05) is 18.2 Å². The highest BCUT2D eigenvalue weighted by atomic mass is 16.5. The van der Waals surface area contributed by atoms with E-state index in [0.29, 0.717) is 17.3 Å². The molecule has 0 atom stereocenters. The quantitative estimate of drug-likeness (QED) is 0.801. The SMILES string of the molecule is COc1ncc(C)cc1NC(=O)c1cc(C)n(-c2ccccc2)n1. The largest absolute Gasteiger partial charge is 0.480 e. The van der Waals surface area contributed by atoms with Crippen molar-refractivity contribution in [2.45, 2.75) is 13.8 Å². The molecule has 0 radical (unpaired) electrons. The van der Waals surface area contributed by atoms with Gasteiger partial charge in [0.25, 0.3) is 5.91 Å². The summed E-state index contributed by atoms with van der Waals surface area (Å²) >= 11 is 0. The first-order valence-electron chi connectivity index (χ1n) is 7.52. The lowest BCUT2D eigenvalue weighted by atomic mass is 10.2. The molecule has 0 saturated heterocycles. The number of para-hydroxylation sites is 1. The minimum Gasteiger partial charge on any atom is -0.480 e. The van der Waals surface area contributed by atoms with E-state index in [9.17, 15) is 4.79 Å². The number of carbonyl (C=O) groups excluding carboxylic acids is 1. The number of benzene rings is 1. The first-order valence-corrected chi connectivity index (χ1v) is 7.52. The number of carbonyl (C=O) groups is 1. The van der Waals surface area contributed by atoms with Crippen molar-refractivity contribution in [1.29, 1.82) is 0 Å². The number of nitrogens with one attached hydrogen (secondary N) is 1. The smallest absolute Gasteiger partial charge is 0.276 e. The summed E-state index contributed by atoms with van der Waals surface area (Å²) in [5.74, 6) is 0.0617. The zero-order valence-electron chi connectivity index (χ0n) is 13.8. The number of rotatable bonds is 4. The second-order valence-electron chi connectivity index (χ2n) is 5.44. The van der Waals surface area contributed by atoms with Crippen LogP contribution in [0.15, 0.2) is 48.7 Å². The summed E-state index contributed by atoms with van der Waals surface area (Å²) in [6.45, 7) is 3.81. The molecule has 0 aliphatic carbocycles. The first-order chi connectivity index (χ1) is 11.6. The predicted octanol–water partition coefficient (Wildman–Crippen LogP) is 3.15. The summed E-state index contributed by atoms with van der Waals surface area (Å²) in [6, 6.07) is 13.2. The summed E-state index contributed by atoms with van der Waals surface area (Å²) in [4.78, 5) is 16.7. The summed E-state index contributed by atoms with van der Waals surface area (Å²) < 4.78 is 6.92. The van der Waals surface area contributed by atoms with Crippen LogP contribution in [0.3, 0.4) is 0 Å². The third-order valence-electron chi connectivity index (χ3n) is 3.55. The van der Waals surface area contributed by atoms with Crippen molar-refractivity contribution in [1.82, 2.24) is 14.8 Å². The second kappa shape index (κ2) is 6.54. The molecule has 6 heteroatoms. The van der Waals surface area contributed by atoms with E-state index in [-0.39, 0.29) is 5.91 Å². The minimum atomic E-state index is -0.307. The minimum absolute atomic E-state index is 0.307. The van der Waals surface area contributed by atoms with Crippen LogP contribution in [0.4, 0.5) is 5.69 Å². The van der Waals surface area contributed by atoms with Gasteiger partial charge >= 0.3 is 0 Å². The number of anilines is 1. The Morgan fingerprint density at radius 1 is 1.17 bits per heavy atom. The van der Waals surface area contributed by atoms with E-state index in [0.717, 1.165) is 16.9 Å². The highest BCUT2D eigenvalue weighted by Gasteiger charge is 2.16. The van der Waals surface area contributed by atoms with Crippen molar-refractivity contribution in [2.24, 2.45) is 0 Å². The van der Waals surface area contributed by atoms with Crippen LogP contribution in [0, 0.1) is 13.8 Å². The van der Waals surface area contributed by atoms with Gasteiger partial charge in [0.05, 0.1) is 12.8 Å². The van der Waals surface area contributed by atoms with Crippen LogP contribution >= 0.6 is 0 Å². The molecule has 1 N–H and O–H groups in total. The van der Waals surface area contributed by atoms with Crippen molar-refractivity contribution < 1.29 is 9.53 Å². The fraction of sp³-hybridized carbons (Fsp3) is 0.167. The number of nitrogens with zero attached hydrogens (tertiary/aromatic N) is 3. The van der Waals surface area contributed by atoms with E-state index in [2.05, 4.69) is 15.4 Å². The van der Waals surface area contributed by atoms with E-state index < -0.39 is 0 Å². The molecule has 24 heavy (non-hydrogen) atoms. The molecule has 0 unspecified atom stereocenters. The van der Waals surface area contributed by atoms with Gasteiger partial charge in [-0.2, -0.15) is 5.10 Å². The Labute approximate surface area is 140 Å². The van der Waals surface area contributed by atoms with Crippen LogP contribution in [0.2, 0.25) is 0 Å². The second-order valence-corrected chi connectivity index (χ2v) is 5.44. The molecule has 0 aliphatic heterocycles. The number of amides is 1. The van der Waals surface area contributed by atoms with Crippen LogP contribution in [-0.4, -0.2) is 27.8 Å². The lowest BCUT2D eigenvalue weighted by molar-refractivity contribution is 0.102. The number of methoxy groups -OCH3 is 1. The Hall–Kier alpha value is -3.15. The average Bonchev–Trinajstić information content (AvgIpc) is 2.98. The monoisotopic (exact) mass is 322 g/mol. The Bertz CT molecular complexity index is 872. The number of pyridine rings is 1. The van der Waals surface area contributed by atoms with Gasteiger partial charge in [0.15, 0.2) is 5.69 Å². The Kier molecular flexibility index (Phi) is 4.29. The van der Waals surface area contributed by atoms with Gasteiger partial charge < -0.3 is 10.1 Å². The molecular formula is C18H18N4O2. The zero-order valence-corrected chi connectivity index (χ0v) is 13.8. The lowest BCUT2D eigenvalue weighted by Crippen LogP contribution is -2.14. The maximum absolute atomic E-state index is 12.5. The number of aromatic nitrogens is 3. The van der Waals surface area contributed by atoms with Gasteiger partial charge in [0.1, 0.15) is 5.69 Å². The van der Waals surface area contributed by atoms with Crippen LogP contribution in [0.1, 0.15) is 21.7 Å². The van der Waals surface area contributed by atoms with Gasteiger partial charge in [-0.3, -0.25) is 4.79 Å². The van der Waals surface area contributed by atoms with E-state index >= 15 is 0 Å². The predicted molar refractivity (Wildman–Crippen MR) is 91.8 cm³/mol. The highest BCUT2D eigenvalue weighted by molar-refractivity contribution is 6.03. The maximum atomic E-state index is 12.5. The summed E-state index contributed by atoms with van der Waals surface area (Å²) in [5, 5.41) is 7.21. The molecule has 1 amide bonds. The third kappa shape index (κ3) is 3.12. The topological polar surface area (TPSA) is 69.0 Å². The molecule has 6 nitrogen and oxygen atoms in total. The van der Waals surface area contributed by atoms with Gasteiger partial charge in [-0.15, -0.1) is 0 Å². The molecule has 0 bridgehead atoms. The van der Waals surface area contributed by atoms with Crippen molar-refractivity contribution in [3.05, 3.63) is 65.6 Å². The molecule has 0 spiro atoms. The molecule has 2 heterocycles. The lowest BCUT2D eigenvalue weighted by Gasteiger charge is -2.08. The first kappa shape index (κ1) is 15.7. The standard InChI is InChI=1S/C18H18N4O2/c1-12-9-16(18(24-3)19-11-12)20-17(23)15-10-13(2)22(21-15)14-7-5-4-6-8-14/h4-11H,1-3H3,(H,20,23). The van der Waals surface area contributed by atoms with E-state index in [4.69, 9.17) is 4.74 Å². The van der Waals surface area contributed by atoms with E-state index in [1.165, 1.54) is 7.11 Å². The van der Waals surface area contributed by atoms with Gasteiger partial charge in [0.2, 0.25) is 5.88 Å². The zero-order chi connectivity index (χ0) is 17.1. The average molecular weight is 322 g/mol. The van der Waals surface area contributed by atoms with Crippen molar-refractivity contribution in [3.63, 3.8) is 0 Å². The van der Waals surface area contributed by atoms with Crippen LogP contribution in [0.5, 0.6) is 5.88 Å². The summed E-state index contributed by atoms with van der Waals surface area (Å²) in [6.07, 6.45) is 1.68. The van der Waals surface area contributed by atoms with Gasteiger partial charge in [-0.05, 0) is 43.7 Å². The molecule has 0 aliphatic rings. The number of ether oxygens (including phenoxy) is 1. The molecule has 122 valence electrons. The molecular weight excluding hydrogens is 304 g/mol. The maximum Gasteiger partial charge on any atom is 0.276 e. The Morgan fingerprint density at radius 3 is 2.62 bits per heavy atom. The molecule has 2 aromatic heterocycles. The van der Waals surface area contributed by atoms with Crippen LogP contribution in [-0.2, 0) is 0 Å². The van der Waals surface area contributed by atoms with Gasteiger partial charge in [0, 0.05) is 11.9 Å². The normalized spacial score (nSPS) is 10.5. The van der Waals surface area contributed by atoms with Crippen molar-refractivity contribution in [2.75, 3.05) is 12.4 Å². The van der Waals surface area contributed by atoms with E-state index in [1.54, 1.807) is 16.9 Å². The van der Waals surface area contributed by atoms with Gasteiger partial charge in [-0.25, -0.2) is 9.67 Å². The molecule has 0 saturated carbocycles. The van der Waals surface area contributed by atoms with Crippen molar-refractivity contribution in [3.8, 4) is 11.6 Å². The molecule has 1 aromatic carbocycles. The Morgan fingerprint density at radius 2 is 1.92 bits per heavy atom. The summed E-state index contributed by atoms with van der Waals surface area (Å²) in [5.41, 5.74) is 3.57. The van der Waals surface area contributed by atoms with Crippen LogP contribution in [0.25, 0.3) is 5.69 Å². The summed E-state index contributed by atoms with van der Waals surface area (Å²) in [7, 11) is 1.52. The third-order valence-corrected chi connectivity index (χ3v) is 3.55. The molecule has 3 rings (SSSR count). The molecule has 3 aromatic rings. The van der Waals surface area contributed by atoms with E-state index in [1.807, 2.05) is 50.2 Å².